The van der Waals surface area contributed by atoms with Crippen LogP contribution in [0.2, 0.25) is 0 Å². The maximum atomic E-state index is 13.2. The zero-order chi connectivity index (χ0) is 14.5. The highest BCUT2D eigenvalue weighted by molar-refractivity contribution is 5.94. The van der Waals surface area contributed by atoms with Gasteiger partial charge < -0.3 is 10.0 Å². The van der Waals surface area contributed by atoms with Gasteiger partial charge in [-0.2, -0.15) is 0 Å². The van der Waals surface area contributed by atoms with Crippen LogP contribution in [0.3, 0.4) is 0 Å². The molecule has 0 aromatic heterocycles. The van der Waals surface area contributed by atoms with Gasteiger partial charge in [0.25, 0.3) is 0 Å². The zero-order valence-electron chi connectivity index (χ0n) is 11.2. The number of aliphatic hydroxyl groups excluding tert-OH is 1. The molecular formula is C15H19F2NO2. The minimum Gasteiger partial charge on any atom is -0.391 e. The van der Waals surface area contributed by atoms with Gasteiger partial charge in [-0.3, -0.25) is 4.79 Å². The van der Waals surface area contributed by atoms with Crippen LogP contribution in [0, 0.1) is 0 Å². The van der Waals surface area contributed by atoms with Crippen LogP contribution in [0.4, 0.5) is 14.5 Å². The first kappa shape index (κ1) is 14.9. The third kappa shape index (κ3) is 3.33. The van der Waals surface area contributed by atoms with Crippen molar-refractivity contribution in [3.63, 3.8) is 0 Å². The summed E-state index contributed by atoms with van der Waals surface area (Å²) in [6.45, 7) is -1.17. The third-order valence-corrected chi connectivity index (χ3v) is 3.64. The lowest BCUT2D eigenvalue weighted by atomic mass is 10.1. The number of rotatable bonds is 5. The van der Waals surface area contributed by atoms with Gasteiger partial charge in [0.05, 0.1) is 18.6 Å². The van der Waals surface area contributed by atoms with Crippen molar-refractivity contribution in [1.29, 1.82) is 0 Å². The molecule has 0 radical (unpaired) electrons. The number of anilines is 1. The lowest BCUT2D eigenvalue weighted by molar-refractivity contribution is -0.120. The molecule has 3 unspecified atom stereocenters. The number of para-hydroxylation sites is 1. The van der Waals surface area contributed by atoms with Gasteiger partial charge in [0, 0.05) is 5.69 Å². The summed E-state index contributed by atoms with van der Waals surface area (Å²) in [7, 11) is 0. The van der Waals surface area contributed by atoms with E-state index in [1.807, 2.05) is 6.07 Å². The quantitative estimate of drug-likeness (QED) is 0.902. The fourth-order valence-electron chi connectivity index (χ4n) is 2.67. The van der Waals surface area contributed by atoms with Crippen molar-refractivity contribution in [1.82, 2.24) is 0 Å². The van der Waals surface area contributed by atoms with Gasteiger partial charge in [-0.05, 0) is 31.4 Å². The number of alkyl halides is 2. The monoisotopic (exact) mass is 283 g/mol. The Balaban J connectivity index is 2.22. The first-order chi connectivity index (χ1) is 9.63. The lowest BCUT2D eigenvalue weighted by Gasteiger charge is -2.31. The first-order valence-corrected chi connectivity index (χ1v) is 6.88. The van der Waals surface area contributed by atoms with Gasteiger partial charge in [0.15, 0.2) is 0 Å². The van der Waals surface area contributed by atoms with E-state index in [0.29, 0.717) is 18.5 Å². The molecule has 0 aliphatic heterocycles. The van der Waals surface area contributed by atoms with E-state index in [1.54, 1.807) is 24.3 Å². The molecule has 2 rings (SSSR count). The van der Waals surface area contributed by atoms with Gasteiger partial charge >= 0.3 is 0 Å². The van der Waals surface area contributed by atoms with Crippen LogP contribution in [0.15, 0.2) is 30.3 Å². The molecule has 1 saturated carbocycles. The summed E-state index contributed by atoms with van der Waals surface area (Å²) in [6, 6.07) is 8.50. The highest BCUT2D eigenvalue weighted by atomic mass is 19.2. The van der Waals surface area contributed by atoms with Gasteiger partial charge in [-0.15, -0.1) is 0 Å². The summed E-state index contributed by atoms with van der Waals surface area (Å²) in [5, 5.41) is 10.00. The molecule has 0 heterocycles. The second-order valence-corrected chi connectivity index (χ2v) is 5.12. The normalized spacial score (nSPS) is 23.6. The molecule has 0 spiro atoms. The molecule has 5 heteroatoms. The van der Waals surface area contributed by atoms with E-state index >= 15 is 0 Å². The van der Waals surface area contributed by atoms with Crippen molar-refractivity contribution >= 4 is 11.6 Å². The lowest BCUT2D eigenvalue weighted by Crippen LogP contribution is -2.45. The fraction of sp³-hybridized carbons (Fsp3) is 0.533. The summed E-state index contributed by atoms with van der Waals surface area (Å²) in [5.41, 5.74) is 0.620. The van der Waals surface area contributed by atoms with E-state index in [4.69, 9.17) is 0 Å². The number of hydrogen-bond donors (Lipinski definition) is 1. The van der Waals surface area contributed by atoms with Crippen molar-refractivity contribution < 1.29 is 18.7 Å². The standard InChI is InChI=1S/C15H19F2NO2/c16-10-11(17)9-15(20)18(12-5-2-1-3-6-12)13-7-4-8-14(13)19/h1-3,5-6,11,13-14,19H,4,7-10H2. The van der Waals surface area contributed by atoms with Gasteiger partial charge in [0.1, 0.15) is 12.8 Å². The molecule has 1 aromatic rings. The average molecular weight is 283 g/mol. The molecule has 0 saturated heterocycles. The molecule has 1 amide bonds. The minimum atomic E-state index is -1.78. The minimum absolute atomic E-state index is 0.350. The molecule has 0 bridgehead atoms. The highest BCUT2D eigenvalue weighted by Crippen LogP contribution is 2.29. The summed E-state index contributed by atoms with van der Waals surface area (Å²) in [6.07, 6.45) is -0.758. The van der Waals surface area contributed by atoms with Crippen molar-refractivity contribution in [3.05, 3.63) is 30.3 Å². The van der Waals surface area contributed by atoms with Crippen molar-refractivity contribution in [2.45, 2.75) is 44.0 Å². The van der Waals surface area contributed by atoms with Crippen LogP contribution in [0.25, 0.3) is 0 Å². The van der Waals surface area contributed by atoms with E-state index in [-0.39, 0.29) is 6.04 Å². The average Bonchev–Trinajstić information content (AvgIpc) is 2.86. The fourth-order valence-corrected chi connectivity index (χ4v) is 2.67. The Morgan fingerprint density at radius 1 is 1.35 bits per heavy atom. The maximum Gasteiger partial charge on any atom is 0.230 e. The van der Waals surface area contributed by atoms with Gasteiger partial charge in [0.2, 0.25) is 5.91 Å². The van der Waals surface area contributed by atoms with Crippen LogP contribution in [0.1, 0.15) is 25.7 Å². The molecule has 20 heavy (non-hydrogen) atoms. The molecule has 1 fully saturated rings. The van der Waals surface area contributed by atoms with Crippen LogP contribution < -0.4 is 4.90 Å². The second-order valence-electron chi connectivity index (χ2n) is 5.12. The smallest absolute Gasteiger partial charge is 0.230 e. The number of aliphatic hydroxyl groups is 1. The van der Waals surface area contributed by atoms with Gasteiger partial charge in [-0.1, -0.05) is 18.2 Å². The predicted molar refractivity (Wildman–Crippen MR) is 73.1 cm³/mol. The zero-order valence-corrected chi connectivity index (χ0v) is 11.2. The largest absolute Gasteiger partial charge is 0.391 e. The van der Waals surface area contributed by atoms with E-state index in [1.165, 1.54) is 4.90 Å². The van der Waals surface area contributed by atoms with Crippen LogP contribution in [-0.2, 0) is 4.79 Å². The van der Waals surface area contributed by atoms with E-state index < -0.39 is 31.3 Å². The van der Waals surface area contributed by atoms with E-state index in [2.05, 4.69) is 0 Å². The number of nitrogens with zero attached hydrogens (tertiary/aromatic N) is 1. The first-order valence-electron chi connectivity index (χ1n) is 6.88. The van der Waals surface area contributed by atoms with Crippen LogP contribution in [0.5, 0.6) is 0 Å². The molecule has 1 aliphatic rings. The molecule has 1 N–H and O–H groups in total. The SMILES string of the molecule is O=C(CC(F)CF)N(c1ccccc1)C1CCCC1O. The molecule has 1 aliphatic carbocycles. The van der Waals surface area contributed by atoms with E-state index in [0.717, 1.165) is 6.42 Å². The maximum absolute atomic E-state index is 13.2. The molecule has 3 nitrogen and oxygen atoms in total. The summed E-state index contributed by atoms with van der Waals surface area (Å²) in [5.74, 6) is -0.479. The summed E-state index contributed by atoms with van der Waals surface area (Å²) in [4.78, 5) is 13.7. The second kappa shape index (κ2) is 6.79. The van der Waals surface area contributed by atoms with Crippen LogP contribution >= 0.6 is 0 Å². The van der Waals surface area contributed by atoms with Crippen molar-refractivity contribution in [3.8, 4) is 0 Å². The Bertz CT molecular complexity index is 441. The Labute approximate surface area is 117 Å². The van der Waals surface area contributed by atoms with Crippen molar-refractivity contribution in [2.75, 3.05) is 11.6 Å². The third-order valence-electron chi connectivity index (χ3n) is 3.64. The number of carbonyl (C=O) groups excluding carboxylic acids is 1. The number of benzene rings is 1. The molecule has 110 valence electrons. The Kier molecular flexibility index (Phi) is 5.06. The van der Waals surface area contributed by atoms with Gasteiger partial charge in [-0.25, -0.2) is 8.78 Å². The van der Waals surface area contributed by atoms with Crippen LogP contribution in [-0.4, -0.2) is 36.0 Å². The number of halogens is 2. The Morgan fingerprint density at radius 3 is 2.60 bits per heavy atom. The number of amides is 1. The summed E-state index contributed by atoms with van der Waals surface area (Å²) >= 11 is 0. The van der Waals surface area contributed by atoms with E-state index in [9.17, 15) is 18.7 Å². The highest BCUT2D eigenvalue weighted by Gasteiger charge is 2.35. The summed E-state index contributed by atoms with van der Waals surface area (Å²) < 4.78 is 25.4. The number of carbonyl (C=O) groups is 1. The number of hydrogen-bond acceptors (Lipinski definition) is 2. The Morgan fingerprint density at radius 2 is 2.05 bits per heavy atom. The Hall–Kier alpha value is -1.49. The van der Waals surface area contributed by atoms with Crippen molar-refractivity contribution in [2.24, 2.45) is 0 Å². The molecule has 3 atom stereocenters. The topological polar surface area (TPSA) is 40.5 Å². The molecule has 1 aromatic carbocycles. The predicted octanol–water partition coefficient (Wildman–Crippen LogP) is 2.63. The molecular weight excluding hydrogens is 264 g/mol.